The van der Waals surface area contributed by atoms with Crippen molar-refractivity contribution in [3.8, 4) is 11.3 Å². The molecule has 0 bridgehead atoms. The number of aliphatic hydroxyl groups is 1. The van der Waals surface area contributed by atoms with E-state index in [9.17, 15) is 4.79 Å². The van der Waals surface area contributed by atoms with Crippen LogP contribution in [0.1, 0.15) is 16.1 Å². The predicted octanol–water partition coefficient (Wildman–Crippen LogP) is 4.31. The van der Waals surface area contributed by atoms with Crippen LogP contribution in [0.25, 0.3) is 33.1 Å². The molecule has 31 heavy (non-hydrogen) atoms. The number of halogens is 2. The largest absolute Gasteiger partial charge is 0.395 e. The number of aryl methyl sites for hydroxylation is 1. The zero-order chi connectivity index (χ0) is 22.0. The SMILES string of the molecule is Cc1cccc2c1[nH]c1c(-c3ccc(Cl)c(Cl)c3)nc(C(=O)NCCNCCO)cc12. The first-order chi connectivity index (χ1) is 15.0. The molecule has 0 aliphatic heterocycles. The van der Waals surface area contributed by atoms with Gasteiger partial charge in [-0.15, -0.1) is 0 Å². The third-order valence-corrected chi connectivity index (χ3v) is 5.87. The van der Waals surface area contributed by atoms with E-state index in [0.717, 1.165) is 32.9 Å². The zero-order valence-electron chi connectivity index (χ0n) is 16.9. The lowest BCUT2D eigenvalue weighted by atomic mass is 10.1. The number of pyridine rings is 1. The standard InChI is InChI=1S/C23H22Cl2N4O2/c1-13-3-2-4-15-16-12-19(23(31)27-8-7-26-9-10-30)28-21(22(16)29-20(13)15)14-5-6-17(24)18(25)11-14/h2-6,11-12,26,29-30H,7-10H2,1H3,(H,27,31). The number of fused-ring (bicyclic) bond motifs is 3. The number of nitrogens with one attached hydrogen (secondary N) is 3. The molecule has 4 rings (SSSR count). The van der Waals surface area contributed by atoms with E-state index in [1.165, 1.54) is 0 Å². The Bertz CT molecular complexity index is 1270. The summed E-state index contributed by atoms with van der Waals surface area (Å²) >= 11 is 12.4. The van der Waals surface area contributed by atoms with Crippen LogP contribution in [0.2, 0.25) is 10.0 Å². The van der Waals surface area contributed by atoms with Crippen molar-refractivity contribution in [2.24, 2.45) is 0 Å². The molecule has 4 N–H and O–H groups in total. The van der Waals surface area contributed by atoms with E-state index in [-0.39, 0.29) is 12.5 Å². The maximum atomic E-state index is 12.8. The van der Waals surface area contributed by atoms with Crippen LogP contribution in [0.3, 0.4) is 0 Å². The summed E-state index contributed by atoms with van der Waals surface area (Å²) in [6, 6.07) is 13.2. The van der Waals surface area contributed by atoms with E-state index in [0.29, 0.717) is 41.1 Å². The highest BCUT2D eigenvalue weighted by Crippen LogP contribution is 2.35. The van der Waals surface area contributed by atoms with Crippen molar-refractivity contribution in [2.45, 2.75) is 6.92 Å². The van der Waals surface area contributed by atoms with Crippen LogP contribution < -0.4 is 10.6 Å². The van der Waals surface area contributed by atoms with Crippen molar-refractivity contribution in [2.75, 3.05) is 26.2 Å². The summed E-state index contributed by atoms with van der Waals surface area (Å²) in [4.78, 5) is 21.0. The fraction of sp³-hybridized carbons (Fsp3) is 0.217. The molecule has 8 heteroatoms. The molecular weight excluding hydrogens is 435 g/mol. The van der Waals surface area contributed by atoms with Gasteiger partial charge in [-0.2, -0.15) is 0 Å². The molecule has 0 spiro atoms. The van der Waals surface area contributed by atoms with Gasteiger partial charge in [-0.3, -0.25) is 4.79 Å². The molecule has 160 valence electrons. The van der Waals surface area contributed by atoms with Crippen LogP contribution in [0.5, 0.6) is 0 Å². The molecule has 0 fully saturated rings. The van der Waals surface area contributed by atoms with Gasteiger partial charge in [0.2, 0.25) is 0 Å². The van der Waals surface area contributed by atoms with Crippen LogP contribution in [-0.2, 0) is 0 Å². The van der Waals surface area contributed by atoms with Crippen molar-refractivity contribution >= 4 is 50.9 Å². The highest BCUT2D eigenvalue weighted by Gasteiger charge is 2.18. The first-order valence-corrected chi connectivity index (χ1v) is 10.7. The van der Waals surface area contributed by atoms with Crippen LogP contribution in [0.4, 0.5) is 0 Å². The first-order valence-electron chi connectivity index (χ1n) is 9.97. The summed E-state index contributed by atoms with van der Waals surface area (Å²) in [6.07, 6.45) is 0. The number of para-hydroxylation sites is 1. The second-order valence-corrected chi connectivity index (χ2v) is 8.07. The predicted molar refractivity (Wildman–Crippen MR) is 126 cm³/mol. The van der Waals surface area contributed by atoms with Gasteiger partial charge >= 0.3 is 0 Å². The van der Waals surface area contributed by atoms with Gasteiger partial charge in [0, 0.05) is 41.5 Å². The molecule has 1 amide bonds. The average molecular weight is 457 g/mol. The lowest BCUT2D eigenvalue weighted by Gasteiger charge is -2.09. The van der Waals surface area contributed by atoms with Crippen molar-refractivity contribution < 1.29 is 9.90 Å². The van der Waals surface area contributed by atoms with Crippen LogP contribution in [0, 0.1) is 6.92 Å². The number of aromatic nitrogens is 2. The highest BCUT2D eigenvalue weighted by atomic mass is 35.5. The average Bonchev–Trinajstić information content (AvgIpc) is 3.15. The molecule has 2 heterocycles. The Morgan fingerprint density at radius 1 is 1.03 bits per heavy atom. The highest BCUT2D eigenvalue weighted by molar-refractivity contribution is 6.42. The van der Waals surface area contributed by atoms with Crippen LogP contribution in [-0.4, -0.2) is 47.2 Å². The quantitative estimate of drug-likeness (QED) is 0.312. The van der Waals surface area contributed by atoms with Gasteiger partial charge in [-0.1, -0.05) is 47.5 Å². The lowest BCUT2D eigenvalue weighted by molar-refractivity contribution is 0.0949. The summed E-state index contributed by atoms with van der Waals surface area (Å²) in [5.74, 6) is -0.268. The van der Waals surface area contributed by atoms with Crippen molar-refractivity contribution in [1.82, 2.24) is 20.6 Å². The number of benzene rings is 2. The number of rotatable bonds is 7. The number of hydrogen-bond donors (Lipinski definition) is 4. The number of aromatic amines is 1. The minimum atomic E-state index is -0.268. The normalized spacial score (nSPS) is 11.4. The van der Waals surface area contributed by atoms with Crippen molar-refractivity contribution in [1.29, 1.82) is 0 Å². The molecule has 0 saturated carbocycles. The second-order valence-electron chi connectivity index (χ2n) is 7.26. The summed E-state index contributed by atoms with van der Waals surface area (Å²) in [7, 11) is 0. The zero-order valence-corrected chi connectivity index (χ0v) is 18.4. The number of carbonyl (C=O) groups excluding carboxylic acids is 1. The van der Waals surface area contributed by atoms with Gasteiger partial charge in [0.25, 0.3) is 5.91 Å². The Morgan fingerprint density at radius 3 is 2.65 bits per heavy atom. The summed E-state index contributed by atoms with van der Waals surface area (Å²) < 4.78 is 0. The maximum Gasteiger partial charge on any atom is 0.269 e. The summed E-state index contributed by atoms with van der Waals surface area (Å²) in [6.45, 7) is 3.56. The maximum absolute atomic E-state index is 12.8. The first kappa shape index (κ1) is 21.6. The number of hydrogen-bond acceptors (Lipinski definition) is 4. The van der Waals surface area contributed by atoms with Gasteiger partial charge in [-0.25, -0.2) is 4.98 Å². The number of carbonyl (C=O) groups is 1. The van der Waals surface area contributed by atoms with E-state index in [2.05, 4.69) is 20.6 Å². The molecule has 2 aromatic carbocycles. The third-order valence-electron chi connectivity index (χ3n) is 5.13. The fourth-order valence-electron chi connectivity index (χ4n) is 3.59. The van der Waals surface area contributed by atoms with Crippen molar-refractivity contribution in [3.05, 3.63) is 63.8 Å². The summed E-state index contributed by atoms with van der Waals surface area (Å²) in [5, 5.41) is 17.6. The molecule has 0 aliphatic rings. The molecular formula is C23H22Cl2N4O2. The molecule has 0 radical (unpaired) electrons. The smallest absolute Gasteiger partial charge is 0.269 e. The second kappa shape index (κ2) is 9.24. The number of H-pyrrole nitrogens is 1. The molecule has 0 unspecified atom stereocenters. The van der Waals surface area contributed by atoms with Gasteiger partial charge in [0.15, 0.2) is 0 Å². The van der Waals surface area contributed by atoms with Crippen LogP contribution >= 0.6 is 23.2 Å². The Kier molecular flexibility index (Phi) is 6.43. The minimum absolute atomic E-state index is 0.0547. The number of aliphatic hydroxyl groups excluding tert-OH is 1. The Labute approximate surface area is 189 Å². The van der Waals surface area contributed by atoms with E-state index in [4.69, 9.17) is 28.3 Å². The van der Waals surface area contributed by atoms with E-state index in [1.807, 2.05) is 37.3 Å². The molecule has 0 saturated heterocycles. The molecule has 2 aromatic heterocycles. The third kappa shape index (κ3) is 4.38. The molecule has 4 aromatic rings. The van der Waals surface area contributed by atoms with Gasteiger partial charge < -0.3 is 20.7 Å². The Morgan fingerprint density at radius 2 is 1.87 bits per heavy atom. The van der Waals surface area contributed by atoms with E-state index in [1.54, 1.807) is 12.1 Å². The summed E-state index contributed by atoms with van der Waals surface area (Å²) in [5.41, 5.74) is 4.67. The lowest BCUT2D eigenvalue weighted by Crippen LogP contribution is -2.33. The molecule has 0 atom stereocenters. The van der Waals surface area contributed by atoms with Crippen molar-refractivity contribution in [3.63, 3.8) is 0 Å². The number of amides is 1. The molecule has 6 nitrogen and oxygen atoms in total. The van der Waals surface area contributed by atoms with Gasteiger partial charge in [0.1, 0.15) is 5.69 Å². The Balaban J connectivity index is 1.82. The molecule has 0 aliphatic carbocycles. The topological polar surface area (TPSA) is 90.0 Å². The van der Waals surface area contributed by atoms with Crippen LogP contribution in [0.15, 0.2) is 42.5 Å². The van der Waals surface area contributed by atoms with Gasteiger partial charge in [-0.05, 0) is 30.7 Å². The van der Waals surface area contributed by atoms with E-state index >= 15 is 0 Å². The monoisotopic (exact) mass is 456 g/mol. The minimum Gasteiger partial charge on any atom is -0.395 e. The number of nitrogens with zero attached hydrogens (tertiary/aromatic N) is 1. The van der Waals surface area contributed by atoms with E-state index < -0.39 is 0 Å². The van der Waals surface area contributed by atoms with Gasteiger partial charge in [0.05, 0.1) is 27.9 Å². The Hall–Kier alpha value is -2.64. The fourth-order valence-corrected chi connectivity index (χ4v) is 3.89.